The maximum Gasteiger partial charge on any atom is 0.242 e. The van der Waals surface area contributed by atoms with Gasteiger partial charge in [-0.2, -0.15) is 0 Å². The summed E-state index contributed by atoms with van der Waals surface area (Å²) >= 11 is 0. The summed E-state index contributed by atoms with van der Waals surface area (Å²) in [6, 6.07) is 12.5. The van der Waals surface area contributed by atoms with Crippen molar-refractivity contribution in [2.45, 2.75) is 45.3 Å². The highest BCUT2D eigenvalue weighted by Crippen LogP contribution is 2.49. The molecule has 1 amide bonds. The Morgan fingerprint density at radius 3 is 2.53 bits per heavy atom. The predicted molar refractivity (Wildman–Crippen MR) is 122 cm³/mol. The normalized spacial score (nSPS) is 24.8. The molecule has 4 unspecified atom stereocenters. The van der Waals surface area contributed by atoms with Crippen LogP contribution in [0.25, 0.3) is 0 Å². The van der Waals surface area contributed by atoms with Crippen LogP contribution in [0.4, 0.5) is 0 Å². The number of likely N-dealkylation sites (N-methyl/N-ethyl adjacent to an activating group) is 1. The number of para-hydroxylation sites is 1. The quantitative estimate of drug-likeness (QED) is 0.583. The Balaban J connectivity index is 1.68. The molecule has 0 bridgehead atoms. The molecule has 2 aliphatic heterocycles. The summed E-state index contributed by atoms with van der Waals surface area (Å²) < 4.78 is 11.6. The molecule has 0 spiro atoms. The van der Waals surface area contributed by atoms with Crippen LogP contribution in [0.1, 0.15) is 50.4 Å². The number of hydrogen-bond donors (Lipinski definition) is 3. The number of aromatic hydroxyl groups is 1. The fourth-order valence-electron chi connectivity index (χ4n) is 4.86. The molecule has 7 nitrogen and oxygen atoms in total. The van der Waals surface area contributed by atoms with Crippen molar-refractivity contribution in [3.05, 3.63) is 53.6 Å². The molecule has 4 rings (SSSR count). The number of hydrogen-bond acceptors (Lipinski definition) is 6. The Kier molecular flexibility index (Phi) is 6.58. The Labute approximate surface area is 189 Å². The first-order valence-corrected chi connectivity index (χ1v) is 11.4. The highest BCUT2D eigenvalue weighted by molar-refractivity contribution is 5.86. The lowest BCUT2D eigenvalue weighted by molar-refractivity contribution is -0.130. The maximum atomic E-state index is 13.2. The van der Waals surface area contributed by atoms with Gasteiger partial charge in [0, 0.05) is 18.0 Å². The number of carbonyl (C=O) groups is 1. The monoisotopic (exact) mass is 439 g/mol. The van der Waals surface area contributed by atoms with Crippen molar-refractivity contribution < 1.29 is 19.4 Å². The number of fused-ring (bicyclic) bond motifs is 1. The zero-order valence-corrected chi connectivity index (χ0v) is 19.2. The second-order valence-electron chi connectivity index (χ2n) is 8.89. The Morgan fingerprint density at radius 2 is 1.84 bits per heavy atom. The van der Waals surface area contributed by atoms with Crippen LogP contribution in [0.15, 0.2) is 42.5 Å². The van der Waals surface area contributed by atoms with Gasteiger partial charge >= 0.3 is 0 Å². The van der Waals surface area contributed by atoms with Gasteiger partial charge in [0.2, 0.25) is 5.91 Å². The van der Waals surface area contributed by atoms with Crippen molar-refractivity contribution in [3.8, 4) is 17.2 Å². The zero-order chi connectivity index (χ0) is 22.8. The van der Waals surface area contributed by atoms with E-state index in [1.807, 2.05) is 42.2 Å². The van der Waals surface area contributed by atoms with Crippen molar-refractivity contribution in [1.29, 1.82) is 0 Å². The lowest BCUT2D eigenvalue weighted by atomic mass is 9.83. The minimum atomic E-state index is -0.363. The number of likely N-dealkylation sites (tertiary alicyclic amines) is 1. The molecule has 32 heavy (non-hydrogen) atoms. The van der Waals surface area contributed by atoms with Crippen LogP contribution in [-0.4, -0.2) is 42.2 Å². The van der Waals surface area contributed by atoms with Gasteiger partial charge in [0.05, 0.1) is 25.8 Å². The number of amides is 1. The van der Waals surface area contributed by atoms with Gasteiger partial charge in [0.1, 0.15) is 11.8 Å². The van der Waals surface area contributed by atoms with Gasteiger partial charge in [-0.3, -0.25) is 4.79 Å². The zero-order valence-electron chi connectivity index (χ0n) is 19.2. The fourth-order valence-corrected chi connectivity index (χ4v) is 4.86. The summed E-state index contributed by atoms with van der Waals surface area (Å²) in [4.78, 5) is 15.1. The molecule has 7 heteroatoms. The highest BCUT2D eigenvalue weighted by Gasteiger charge is 2.55. The molecule has 2 aromatic rings. The molecule has 172 valence electrons. The van der Waals surface area contributed by atoms with E-state index in [9.17, 15) is 9.90 Å². The number of hydrazine groups is 1. The molecule has 4 atom stereocenters. The molecule has 2 fully saturated rings. The van der Waals surface area contributed by atoms with Gasteiger partial charge in [0.15, 0.2) is 11.5 Å². The van der Waals surface area contributed by atoms with Crippen LogP contribution >= 0.6 is 0 Å². The second-order valence-corrected chi connectivity index (χ2v) is 8.89. The summed E-state index contributed by atoms with van der Waals surface area (Å²) in [7, 11) is 1.64. The molecule has 0 aromatic heterocycles. The number of methoxy groups -OCH3 is 1. The van der Waals surface area contributed by atoms with Crippen LogP contribution in [0.2, 0.25) is 0 Å². The summed E-state index contributed by atoms with van der Waals surface area (Å²) in [6.45, 7) is 7.56. The van der Waals surface area contributed by atoms with Crippen LogP contribution < -0.4 is 20.3 Å². The van der Waals surface area contributed by atoms with E-state index < -0.39 is 0 Å². The minimum Gasteiger partial charge on any atom is -0.508 e. The van der Waals surface area contributed by atoms with E-state index in [0.717, 1.165) is 17.5 Å². The largest absolute Gasteiger partial charge is 0.508 e. The van der Waals surface area contributed by atoms with Crippen molar-refractivity contribution in [2.24, 2.45) is 11.8 Å². The SMILES string of the molecule is CCN1C(=O)C2NNC(c3ccccc3O)C2C1c1ccc(OCCC(C)C)c(OC)c1. The average Bonchev–Trinajstić information content (AvgIpc) is 3.32. The van der Waals surface area contributed by atoms with Crippen molar-refractivity contribution in [1.82, 2.24) is 15.8 Å². The average molecular weight is 440 g/mol. The number of carbonyl (C=O) groups excluding carboxylic acids is 1. The van der Waals surface area contributed by atoms with E-state index >= 15 is 0 Å². The summed E-state index contributed by atoms with van der Waals surface area (Å²) in [5.41, 5.74) is 8.21. The van der Waals surface area contributed by atoms with Gasteiger partial charge in [0.25, 0.3) is 0 Å². The first kappa shape index (κ1) is 22.4. The van der Waals surface area contributed by atoms with Crippen molar-refractivity contribution in [3.63, 3.8) is 0 Å². The molecule has 2 heterocycles. The van der Waals surface area contributed by atoms with E-state index in [0.29, 0.717) is 30.6 Å². The Hall–Kier alpha value is -2.77. The molecule has 2 saturated heterocycles. The topological polar surface area (TPSA) is 83.1 Å². The lowest BCUT2D eigenvalue weighted by Gasteiger charge is -2.31. The van der Waals surface area contributed by atoms with E-state index in [4.69, 9.17) is 9.47 Å². The summed E-state index contributed by atoms with van der Waals surface area (Å²) in [5.74, 6) is 2.13. The van der Waals surface area contributed by atoms with E-state index in [1.165, 1.54) is 0 Å². The number of benzene rings is 2. The van der Waals surface area contributed by atoms with Crippen LogP contribution in [-0.2, 0) is 4.79 Å². The first-order valence-electron chi connectivity index (χ1n) is 11.4. The number of nitrogens with one attached hydrogen (secondary N) is 2. The Morgan fingerprint density at radius 1 is 1.09 bits per heavy atom. The van der Waals surface area contributed by atoms with Gasteiger partial charge in [-0.05, 0) is 43.0 Å². The maximum absolute atomic E-state index is 13.2. The fraction of sp³-hybridized carbons (Fsp3) is 0.480. The van der Waals surface area contributed by atoms with Gasteiger partial charge in [-0.15, -0.1) is 0 Å². The standard InChI is InChI=1S/C25H33N3O4/c1-5-28-24(16-10-11-19(20(14-16)31-4)32-13-12-15(2)3)21-22(26-27-23(21)25(28)30)17-8-6-7-9-18(17)29/h6-11,14-15,21-24,26-27,29H,5,12-13H2,1-4H3. The third-order valence-corrected chi connectivity index (χ3v) is 6.51. The van der Waals surface area contributed by atoms with E-state index in [1.54, 1.807) is 19.2 Å². The molecule has 0 aliphatic carbocycles. The van der Waals surface area contributed by atoms with Gasteiger partial charge in [-0.1, -0.05) is 38.1 Å². The number of ether oxygens (including phenoxy) is 2. The molecular weight excluding hydrogens is 406 g/mol. The molecule has 2 aromatic carbocycles. The molecule has 2 aliphatic rings. The Bertz CT molecular complexity index is 964. The highest BCUT2D eigenvalue weighted by atomic mass is 16.5. The van der Waals surface area contributed by atoms with Gasteiger partial charge < -0.3 is 19.5 Å². The first-order chi connectivity index (χ1) is 15.5. The minimum absolute atomic E-state index is 0.0594. The molecule has 0 radical (unpaired) electrons. The number of nitrogens with zero attached hydrogens (tertiary/aromatic N) is 1. The molecular formula is C25H33N3O4. The third-order valence-electron chi connectivity index (χ3n) is 6.51. The van der Waals surface area contributed by atoms with Crippen LogP contribution in [0.3, 0.4) is 0 Å². The van der Waals surface area contributed by atoms with Crippen molar-refractivity contribution >= 4 is 5.91 Å². The smallest absolute Gasteiger partial charge is 0.242 e. The number of phenols is 1. The second kappa shape index (κ2) is 9.38. The molecule has 0 saturated carbocycles. The van der Waals surface area contributed by atoms with Crippen LogP contribution in [0.5, 0.6) is 17.2 Å². The van der Waals surface area contributed by atoms with E-state index in [2.05, 4.69) is 24.7 Å². The summed E-state index contributed by atoms with van der Waals surface area (Å²) in [5, 5.41) is 10.5. The molecule has 3 N–H and O–H groups in total. The number of phenolic OH excluding ortho intramolecular Hbond substituents is 1. The third kappa shape index (κ3) is 4.02. The van der Waals surface area contributed by atoms with E-state index in [-0.39, 0.29) is 35.7 Å². The van der Waals surface area contributed by atoms with Crippen molar-refractivity contribution in [2.75, 3.05) is 20.3 Å². The summed E-state index contributed by atoms with van der Waals surface area (Å²) in [6.07, 6.45) is 0.967. The van der Waals surface area contributed by atoms with Crippen LogP contribution in [0, 0.1) is 11.8 Å². The number of rotatable bonds is 8. The van der Waals surface area contributed by atoms with Gasteiger partial charge in [-0.25, -0.2) is 10.9 Å². The lowest BCUT2D eigenvalue weighted by Crippen LogP contribution is -2.41. The predicted octanol–water partition coefficient (Wildman–Crippen LogP) is 3.56.